The van der Waals surface area contributed by atoms with Gasteiger partial charge in [-0.3, -0.25) is 28.8 Å². The van der Waals surface area contributed by atoms with Gasteiger partial charge in [-0.1, -0.05) is 77.2 Å². The van der Waals surface area contributed by atoms with Crippen LogP contribution in [0.25, 0.3) is 0 Å². The number of unbranched alkanes of at least 4 members (excludes halogenated alkanes) is 3. The number of ketones is 3. The number of hydrogen-bond acceptors (Lipinski definition) is 27. The molecule has 7 N–H and O–H groups in total. The molecule has 4 aliphatic rings. The van der Waals surface area contributed by atoms with Crippen molar-refractivity contribution in [3.8, 4) is 12.3 Å². The molecule has 0 saturated carbocycles. The Balaban J connectivity index is 0.000000374. The Bertz CT molecular complexity index is 2990. The van der Waals surface area contributed by atoms with Crippen molar-refractivity contribution in [1.82, 2.24) is 59.2 Å². The minimum Gasteiger partial charge on any atom is -0.387 e. The van der Waals surface area contributed by atoms with Gasteiger partial charge in [0.2, 0.25) is 17.7 Å². The maximum atomic E-state index is 12.8. The number of amides is 3. The molecule has 4 saturated heterocycles. The highest BCUT2D eigenvalue weighted by atomic mass is 35.5. The van der Waals surface area contributed by atoms with E-state index in [0.717, 1.165) is 96.7 Å². The zero-order chi connectivity index (χ0) is 81.7. The molecule has 13 atom stereocenters. The summed E-state index contributed by atoms with van der Waals surface area (Å²) in [6, 6.07) is 0. The van der Waals surface area contributed by atoms with Crippen LogP contribution in [0.3, 0.4) is 0 Å². The third-order valence-electron chi connectivity index (χ3n) is 19.2. The number of aromatic nitrogens is 6. The first kappa shape index (κ1) is 98.8. The van der Waals surface area contributed by atoms with E-state index in [-0.39, 0.29) is 84.9 Å². The van der Waals surface area contributed by atoms with Crippen LogP contribution < -0.4 is 14.5 Å². The summed E-state index contributed by atoms with van der Waals surface area (Å²) >= 11 is 16.4. The number of carbonyl (C=O) groups excluding carboxylic acids is 6. The number of nitrogens with zero attached hydrogens (tertiary/aromatic N) is 9. The minimum absolute atomic E-state index is 0.00700. The molecular formula is C76H131Cl3N12O20. The molecule has 6 rings (SSSR count). The summed E-state index contributed by atoms with van der Waals surface area (Å²) in [4.78, 5) is 87.6. The number of aliphatic hydroxyl groups excluding tert-OH is 4. The molecule has 4 aliphatic heterocycles. The average Bonchev–Trinajstić information content (AvgIpc) is 1.59. The number of nitrogens with one attached hydrogen (secondary N) is 3. The zero-order valence-electron chi connectivity index (χ0n) is 67.3. The Morgan fingerprint density at radius 3 is 1.41 bits per heavy atom. The van der Waals surface area contributed by atoms with Gasteiger partial charge in [0.05, 0.1) is 91.4 Å². The van der Waals surface area contributed by atoms with Crippen LogP contribution in [0, 0.1) is 30.1 Å². The number of carbonyl (C=O) groups is 6. The fourth-order valence-electron chi connectivity index (χ4n) is 12.8. The molecule has 2 aromatic rings. The minimum atomic E-state index is -1.60. The third kappa shape index (κ3) is 37.9. The Morgan fingerprint density at radius 1 is 0.532 bits per heavy atom. The summed E-state index contributed by atoms with van der Waals surface area (Å²) < 4.78 is 61.2. The maximum absolute atomic E-state index is 12.8. The molecule has 0 aromatic carbocycles. The lowest BCUT2D eigenvalue weighted by Gasteiger charge is -2.43. The van der Waals surface area contributed by atoms with Crippen molar-refractivity contribution in [3.63, 3.8) is 0 Å². The van der Waals surface area contributed by atoms with E-state index in [2.05, 4.69) is 41.1 Å². The predicted octanol–water partition coefficient (Wildman–Crippen LogP) is 6.98. The Hall–Kier alpha value is -4.55. The van der Waals surface area contributed by atoms with Crippen molar-refractivity contribution in [2.75, 3.05) is 92.1 Å². The SMILES string of the molecule is C#CCN(CCCC(=O)C(C)CCCCNCl)C(=O)CCC.CCCC(=O)N(CCCC(=O)C(C)CCCCNCl)Cc1cn(CCOCCOC2OC(C)(C)OC3C2OC2OC(C)(C)OC23)nn1.CCCC(=O)N(CCCC(=O)C(C)CCCCNCl)Cc1cn(CCOCCOCC2OC(O)C(O)C(O)C2O)nn1. The largest absolute Gasteiger partial charge is 0.387 e. The van der Waals surface area contributed by atoms with Crippen molar-refractivity contribution in [3.05, 3.63) is 23.8 Å². The summed E-state index contributed by atoms with van der Waals surface area (Å²) in [5.74, 6) is 1.84. The van der Waals surface area contributed by atoms with E-state index < -0.39 is 61.0 Å². The summed E-state index contributed by atoms with van der Waals surface area (Å²) in [6.07, 6.45) is 14.7. The fraction of sp³-hybridized carbons (Fsp3) is 0.842. The molecule has 6 heterocycles. The van der Waals surface area contributed by atoms with Gasteiger partial charge in [0.25, 0.3) is 0 Å². The Morgan fingerprint density at radius 2 is 0.955 bits per heavy atom. The molecule has 0 spiro atoms. The van der Waals surface area contributed by atoms with E-state index in [1.807, 2.05) is 75.4 Å². The molecule has 35 heteroatoms. The molecule has 0 bridgehead atoms. The molecule has 111 heavy (non-hydrogen) atoms. The molecule has 2 aromatic heterocycles. The topological polar surface area (TPSA) is 383 Å². The van der Waals surface area contributed by atoms with Gasteiger partial charge in [-0.25, -0.2) is 23.9 Å². The van der Waals surface area contributed by atoms with Gasteiger partial charge in [0.15, 0.2) is 30.4 Å². The van der Waals surface area contributed by atoms with Gasteiger partial charge in [-0.05, 0) is 140 Å². The number of rotatable bonds is 56. The monoisotopic (exact) mass is 1640 g/mol. The number of hydrogen-bond donors (Lipinski definition) is 7. The van der Waals surface area contributed by atoms with Gasteiger partial charge in [-0.15, -0.1) is 16.6 Å². The van der Waals surface area contributed by atoms with Crippen LogP contribution in [-0.2, 0) is 102 Å². The van der Waals surface area contributed by atoms with E-state index in [1.54, 1.807) is 30.3 Å². The van der Waals surface area contributed by atoms with Crippen LogP contribution in [-0.4, -0.2) is 265 Å². The fourth-order valence-corrected chi connectivity index (χ4v) is 13.2. The highest BCUT2D eigenvalue weighted by molar-refractivity contribution is 6.13. The van der Waals surface area contributed by atoms with Crippen LogP contribution in [0.4, 0.5) is 0 Å². The van der Waals surface area contributed by atoms with Gasteiger partial charge >= 0.3 is 0 Å². The lowest BCUT2D eigenvalue weighted by atomic mass is 9.96. The molecular weight excluding hydrogens is 1510 g/mol. The zero-order valence-corrected chi connectivity index (χ0v) is 69.6. The van der Waals surface area contributed by atoms with Crippen LogP contribution in [0.15, 0.2) is 12.4 Å². The van der Waals surface area contributed by atoms with Crippen LogP contribution >= 0.6 is 35.3 Å². The summed E-state index contributed by atoms with van der Waals surface area (Å²) in [5.41, 5.74) is 1.34. The molecule has 32 nitrogen and oxygen atoms in total. The van der Waals surface area contributed by atoms with Crippen LogP contribution in [0.1, 0.15) is 215 Å². The molecule has 3 amide bonds. The Labute approximate surface area is 672 Å². The number of ether oxygens (including phenoxy) is 10. The third-order valence-corrected chi connectivity index (χ3v) is 19.8. The number of Topliss-reactive ketones (excluding diaryl/α,β-unsaturated/α-hetero) is 3. The maximum Gasteiger partial charge on any atom is 0.223 e. The lowest BCUT2D eigenvalue weighted by molar-refractivity contribution is -0.389. The summed E-state index contributed by atoms with van der Waals surface area (Å²) in [6.45, 7) is 26.6. The van der Waals surface area contributed by atoms with Crippen molar-refractivity contribution >= 4 is 70.4 Å². The van der Waals surface area contributed by atoms with Gasteiger partial charge < -0.3 is 82.5 Å². The van der Waals surface area contributed by atoms with Gasteiger partial charge in [0.1, 0.15) is 71.5 Å². The molecule has 0 aliphatic carbocycles. The standard InChI is InChI=1S/C32H54ClN5O9.C27H48ClN5O9.C17H29ClN2O2/c1-7-11-25(40)37(15-10-13-24(39)22(2)12-8-9-14-34-33)20-23-21-38(36-35-23)16-17-41-18-19-42-29-27-26(44-31(3,4)46-29)28-30(43-27)47-32(5,6)45-28;1-3-7-23(35)32(11-6-9-21(34)19(2)8-4-5-10-29-28)16-20-17-33(31-30-20)12-13-40-14-15-41-18-22-24(36)25(37)26(38)27(39)42-22;1-4-9-17(22)20(13-5-2)14-8-11-16(21)15(3)10-6-7-12-19-18/h21-22,26-30,34H,7-20H2,1-6H3;17,19,22,24-27,29,36-39H,3-16,18H2,1-2H3;2,15,19H,4,6-14H2,1,3H3. The first-order valence-corrected chi connectivity index (χ1v) is 41.0. The molecule has 636 valence electrons. The number of terminal acetylenes is 1. The van der Waals surface area contributed by atoms with Gasteiger partial charge in [-0.2, -0.15) is 0 Å². The lowest BCUT2D eigenvalue weighted by Crippen LogP contribution is -2.58. The van der Waals surface area contributed by atoms with Crippen molar-refractivity contribution in [2.24, 2.45) is 17.8 Å². The number of fused-ring (bicyclic) bond motifs is 3. The quantitative estimate of drug-likeness (QED) is 0.0199. The van der Waals surface area contributed by atoms with Crippen molar-refractivity contribution in [1.29, 1.82) is 0 Å². The molecule has 13 unspecified atom stereocenters. The van der Waals surface area contributed by atoms with Crippen molar-refractivity contribution in [2.45, 2.75) is 303 Å². The van der Waals surface area contributed by atoms with Gasteiger partial charge in [0, 0.05) is 95.5 Å². The smallest absolute Gasteiger partial charge is 0.223 e. The van der Waals surface area contributed by atoms with E-state index in [9.17, 15) is 49.2 Å². The summed E-state index contributed by atoms with van der Waals surface area (Å²) in [5, 5.41) is 55.5. The van der Waals surface area contributed by atoms with Crippen LogP contribution in [0.2, 0.25) is 0 Å². The summed E-state index contributed by atoms with van der Waals surface area (Å²) in [7, 11) is 0. The highest BCUT2D eigenvalue weighted by Crippen LogP contribution is 2.44. The predicted molar refractivity (Wildman–Crippen MR) is 414 cm³/mol. The normalized spacial score (nSPS) is 22.3. The van der Waals surface area contributed by atoms with E-state index >= 15 is 0 Å². The molecule has 4 fully saturated rings. The first-order valence-electron chi connectivity index (χ1n) is 39.9. The van der Waals surface area contributed by atoms with E-state index in [4.69, 9.17) is 89.1 Å². The molecule has 0 radical (unpaired) electrons. The average molecular weight is 1640 g/mol. The Kier molecular flexibility index (Phi) is 49.1. The number of aliphatic hydroxyl groups is 4. The highest BCUT2D eigenvalue weighted by Gasteiger charge is 2.61. The first-order chi connectivity index (χ1) is 53.1. The second-order valence-electron chi connectivity index (χ2n) is 29.6. The van der Waals surface area contributed by atoms with Crippen LogP contribution in [0.5, 0.6) is 0 Å². The second kappa shape index (κ2) is 55.1. The number of halogens is 3. The second-order valence-corrected chi connectivity index (χ2v) is 30.4. The van der Waals surface area contributed by atoms with E-state index in [1.165, 1.54) is 0 Å². The van der Waals surface area contributed by atoms with Crippen molar-refractivity contribution < 1.29 is 96.6 Å². The van der Waals surface area contributed by atoms with E-state index in [0.29, 0.717) is 148 Å².